The van der Waals surface area contributed by atoms with Crippen molar-refractivity contribution in [3.05, 3.63) is 11.8 Å². The molecule has 0 atom stereocenters. The number of anilines is 1. The highest BCUT2D eigenvalue weighted by Gasteiger charge is 2.04. The van der Waals surface area contributed by atoms with Crippen LogP contribution in [0.15, 0.2) is 6.07 Å². The number of nitrogens with one attached hydrogen (secondary N) is 1. The van der Waals surface area contributed by atoms with Crippen LogP contribution in [0.2, 0.25) is 0 Å². The molecular formula is C13H23N3O3. The molecule has 0 fully saturated rings. The number of nitrogens with zero attached hydrogens (tertiary/aromatic N) is 2. The van der Waals surface area contributed by atoms with E-state index in [2.05, 4.69) is 15.3 Å². The van der Waals surface area contributed by atoms with Gasteiger partial charge in [0.15, 0.2) is 0 Å². The zero-order valence-corrected chi connectivity index (χ0v) is 12.1. The summed E-state index contributed by atoms with van der Waals surface area (Å²) in [5.74, 6) is 1.15. The molecule has 6 heteroatoms. The Hall–Kier alpha value is -1.40. The van der Waals surface area contributed by atoms with E-state index < -0.39 is 0 Å². The van der Waals surface area contributed by atoms with Crippen molar-refractivity contribution >= 4 is 5.95 Å². The lowest BCUT2D eigenvalue weighted by molar-refractivity contribution is 0.0758. The van der Waals surface area contributed by atoms with Gasteiger partial charge in [0.2, 0.25) is 11.8 Å². The van der Waals surface area contributed by atoms with Gasteiger partial charge in [-0.05, 0) is 20.8 Å². The minimum atomic E-state index is 0.0968. The maximum atomic E-state index is 5.56. The first-order chi connectivity index (χ1) is 9.11. The van der Waals surface area contributed by atoms with Gasteiger partial charge in [-0.1, -0.05) is 0 Å². The Balaban J connectivity index is 2.38. The van der Waals surface area contributed by atoms with Gasteiger partial charge in [0.05, 0.1) is 25.9 Å². The summed E-state index contributed by atoms with van der Waals surface area (Å²) in [5.41, 5.74) is 0.869. The zero-order chi connectivity index (χ0) is 14.1. The highest BCUT2D eigenvalue weighted by atomic mass is 16.5. The molecule has 0 aromatic carbocycles. The van der Waals surface area contributed by atoms with Crippen LogP contribution in [0.3, 0.4) is 0 Å². The van der Waals surface area contributed by atoms with Gasteiger partial charge in [0, 0.05) is 25.4 Å². The fourth-order valence-corrected chi connectivity index (χ4v) is 1.40. The van der Waals surface area contributed by atoms with Gasteiger partial charge >= 0.3 is 0 Å². The summed E-state index contributed by atoms with van der Waals surface area (Å²) in [4.78, 5) is 8.58. The highest BCUT2D eigenvalue weighted by molar-refractivity contribution is 5.30. The third kappa shape index (κ3) is 6.93. The van der Waals surface area contributed by atoms with Crippen LogP contribution < -0.4 is 10.1 Å². The first-order valence-electron chi connectivity index (χ1n) is 6.44. The van der Waals surface area contributed by atoms with Gasteiger partial charge in [-0.3, -0.25) is 0 Å². The summed E-state index contributed by atoms with van der Waals surface area (Å²) < 4.78 is 15.8. The largest absolute Gasteiger partial charge is 0.475 e. The predicted octanol–water partition coefficient (Wildman–Crippen LogP) is 1.65. The predicted molar refractivity (Wildman–Crippen MR) is 73.7 cm³/mol. The van der Waals surface area contributed by atoms with E-state index in [1.165, 1.54) is 0 Å². The lowest BCUT2D eigenvalue weighted by Gasteiger charge is -2.11. The highest BCUT2D eigenvalue weighted by Crippen LogP contribution is 2.13. The zero-order valence-electron chi connectivity index (χ0n) is 12.1. The molecule has 0 saturated carbocycles. The molecule has 108 valence electrons. The summed E-state index contributed by atoms with van der Waals surface area (Å²) in [7, 11) is 1.65. The number of aromatic nitrogens is 2. The average Bonchev–Trinajstić information content (AvgIpc) is 2.32. The van der Waals surface area contributed by atoms with Crippen molar-refractivity contribution in [3.63, 3.8) is 0 Å². The van der Waals surface area contributed by atoms with Gasteiger partial charge in [-0.15, -0.1) is 0 Å². The number of hydrogen-bond donors (Lipinski definition) is 1. The maximum absolute atomic E-state index is 5.56. The molecule has 1 aromatic heterocycles. The van der Waals surface area contributed by atoms with Crippen molar-refractivity contribution in [2.24, 2.45) is 0 Å². The Kier molecular flexibility index (Phi) is 7.14. The van der Waals surface area contributed by atoms with Gasteiger partial charge in [0.1, 0.15) is 0 Å². The lowest BCUT2D eigenvalue weighted by atomic mass is 10.4. The average molecular weight is 269 g/mol. The van der Waals surface area contributed by atoms with Crippen molar-refractivity contribution in [2.75, 3.05) is 38.8 Å². The minimum absolute atomic E-state index is 0.0968. The van der Waals surface area contributed by atoms with Crippen LogP contribution in [-0.2, 0) is 9.47 Å². The summed E-state index contributed by atoms with van der Waals surface area (Å²) in [6.07, 6.45) is 0.0968. The van der Waals surface area contributed by atoms with Crippen molar-refractivity contribution < 1.29 is 14.2 Å². The fourth-order valence-electron chi connectivity index (χ4n) is 1.40. The van der Waals surface area contributed by atoms with Gasteiger partial charge in [-0.25, -0.2) is 4.98 Å². The summed E-state index contributed by atoms with van der Waals surface area (Å²) in [6.45, 7) is 8.27. The second kappa shape index (κ2) is 8.66. The molecule has 0 saturated heterocycles. The van der Waals surface area contributed by atoms with Crippen LogP contribution in [0.1, 0.15) is 19.5 Å². The van der Waals surface area contributed by atoms with Crippen molar-refractivity contribution in [3.8, 4) is 5.88 Å². The Labute approximate surface area is 114 Å². The van der Waals surface area contributed by atoms with E-state index in [0.29, 0.717) is 38.2 Å². The molecule has 0 bridgehead atoms. The topological polar surface area (TPSA) is 65.5 Å². The van der Waals surface area contributed by atoms with Crippen LogP contribution in [0, 0.1) is 6.92 Å². The molecule has 1 heterocycles. The molecule has 1 rings (SSSR count). The lowest BCUT2D eigenvalue weighted by Crippen LogP contribution is -2.15. The molecule has 0 aliphatic rings. The maximum Gasteiger partial charge on any atom is 0.226 e. The van der Waals surface area contributed by atoms with Crippen LogP contribution in [-0.4, -0.2) is 49.5 Å². The second-order valence-corrected chi connectivity index (χ2v) is 4.37. The molecule has 0 amide bonds. The number of methoxy groups -OCH3 is 1. The molecule has 0 unspecified atom stereocenters. The monoisotopic (exact) mass is 269 g/mol. The van der Waals surface area contributed by atoms with Crippen molar-refractivity contribution in [1.29, 1.82) is 0 Å². The Morgan fingerprint density at radius 2 is 2.00 bits per heavy atom. The Morgan fingerprint density at radius 1 is 1.21 bits per heavy atom. The molecule has 1 N–H and O–H groups in total. The van der Waals surface area contributed by atoms with Gasteiger partial charge in [-0.2, -0.15) is 4.98 Å². The Bertz CT molecular complexity index is 372. The van der Waals surface area contributed by atoms with E-state index in [-0.39, 0.29) is 6.10 Å². The molecule has 6 nitrogen and oxygen atoms in total. The van der Waals surface area contributed by atoms with E-state index in [4.69, 9.17) is 14.2 Å². The van der Waals surface area contributed by atoms with E-state index in [1.807, 2.05) is 26.8 Å². The number of hydrogen-bond acceptors (Lipinski definition) is 6. The van der Waals surface area contributed by atoms with Crippen LogP contribution >= 0.6 is 0 Å². The van der Waals surface area contributed by atoms with E-state index >= 15 is 0 Å². The molecule has 0 aliphatic carbocycles. The summed E-state index contributed by atoms with van der Waals surface area (Å²) in [5, 5.41) is 3.11. The SMILES string of the molecule is COCCOCCNc1nc(C)cc(OC(C)C)n1. The smallest absolute Gasteiger partial charge is 0.226 e. The fraction of sp³-hybridized carbons (Fsp3) is 0.692. The van der Waals surface area contributed by atoms with Gasteiger partial charge < -0.3 is 19.5 Å². The van der Waals surface area contributed by atoms with Crippen LogP contribution in [0.4, 0.5) is 5.95 Å². The van der Waals surface area contributed by atoms with Gasteiger partial charge in [0.25, 0.3) is 0 Å². The van der Waals surface area contributed by atoms with Crippen molar-refractivity contribution in [2.45, 2.75) is 26.9 Å². The first-order valence-corrected chi connectivity index (χ1v) is 6.44. The molecule has 19 heavy (non-hydrogen) atoms. The molecule has 0 aliphatic heterocycles. The van der Waals surface area contributed by atoms with Crippen molar-refractivity contribution in [1.82, 2.24) is 9.97 Å². The number of rotatable bonds is 9. The Morgan fingerprint density at radius 3 is 2.68 bits per heavy atom. The standard InChI is InChI=1S/C13H23N3O3/c1-10(2)19-12-9-11(3)15-13(16-12)14-5-6-18-8-7-17-4/h9-10H,5-8H2,1-4H3,(H,14,15,16). The van der Waals surface area contributed by atoms with E-state index in [9.17, 15) is 0 Å². The van der Waals surface area contributed by atoms with Crippen LogP contribution in [0.5, 0.6) is 5.88 Å². The van der Waals surface area contributed by atoms with E-state index in [0.717, 1.165) is 5.69 Å². The summed E-state index contributed by atoms with van der Waals surface area (Å²) in [6, 6.07) is 1.82. The third-order valence-electron chi connectivity index (χ3n) is 2.15. The third-order valence-corrected chi connectivity index (χ3v) is 2.15. The number of aryl methyl sites for hydroxylation is 1. The minimum Gasteiger partial charge on any atom is -0.475 e. The molecule has 0 spiro atoms. The molecule has 0 radical (unpaired) electrons. The van der Waals surface area contributed by atoms with E-state index in [1.54, 1.807) is 7.11 Å². The van der Waals surface area contributed by atoms with Crippen LogP contribution in [0.25, 0.3) is 0 Å². The normalized spacial score (nSPS) is 10.8. The molecule has 1 aromatic rings. The quantitative estimate of drug-likeness (QED) is 0.688. The second-order valence-electron chi connectivity index (χ2n) is 4.37. The number of ether oxygens (including phenoxy) is 3. The first kappa shape index (κ1) is 15.7. The molecular weight excluding hydrogens is 246 g/mol. The summed E-state index contributed by atoms with van der Waals surface area (Å²) >= 11 is 0.